The van der Waals surface area contributed by atoms with Gasteiger partial charge in [0.05, 0.1) is 5.52 Å². The van der Waals surface area contributed by atoms with E-state index in [-0.39, 0.29) is 17.3 Å². The first-order chi connectivity index (χ1) is 8.59. The van der Waals surface area contributed by atoms with E-state index in [0.29, 0.717) is 11.1 Å². The fraction of sp³-hybridized carbons (Fsp3) is 0.400. The lowest BCUT2D eigenvalue weighted by atomic mass is 9.98. The van der Waals surface area contributed by atoms with Crippen molar-refractivity contribution in [3.63, 3.8) is 0 Å². The molecule has 0 fully saturated rings. The van der Waals surface area contributed by atoms with Crippen molar-refractivity contribution in [1.29, 1.82) is 0 Å². The summed E-state index contributed by atoms with van der Waals surface area (Å²) < 4.78 is 14.4. The van der Waals surface area contributed by atoms with Crippen molar-refractivity contribution in [2.45, 2.75) is 39.0 Å². The number of hydrogen-bond donors (Lipinski definition) is 1. The Labute approximate surface area is 105 Å². The molecular weight excluding hydrogens is 229 g/mol. The molecule has 1 aliphatic carbocycles. The molecule has 18 heavy (non-hydrogen) atoms. The van der Waals surface area contributed by atoms with Gasteiger partial charge < -0.3 is 4.98 Å². The van der Waals surface area contributed by atoms with Gasteiger partial charge >= 0.3 is 0 Å². The van der Waals surface area contributed by atoms with Crippen LogP contribution in [0.3, 0.4) is 0 Å². The number of H-pyrrole nitrogens is 1. The highest BCUT2D eigenvalue weighted by Crippen LogP contribution is 2.30. The van der Waals surface area contributed by atoms with Gasteiger partial charge in [-0.1, -0.05) is 26.0 Å². The molecule has 0 bridgehead atoms. The summed E-state index contributed by atoms with van der Waals surface area (Å²) in [5, 5.41) is 0.879. The average Bonchev–Trinajstić information content (AvgIpc) is 2.80. The van der Waals surface area contributed by atoms with Crippen LogP contribution in [-0.4, -0.2) is 4.98 Å². The minimum atomic E-state index is -0.269. The fourth-order valence-electron chi connectivity index (χ4n) is 2.89. The molecule has 2 aromatic rings. The largest absolute Gasteiger partial charge is 0.319 e. The molecule has 0 saturated carbocycles. The third kappa shape index (κ3) is 1.50. The quantitative estimate of drug-likeness (QED) is 0.821. The minimum Gasteiger partial charge on any atom is -0.319 e. The zero-order chi connectivity index (χ0) is 12.9. The molecular formula is C15H16FNO. The molecule has 1 N–H and O–H groups in total. The Bertz CT molecular complexity index is 685. The standard InChI is InChI=1S/C15H16FNO/c1-8(2)9-6-7-11-10-4-3-5-12(10)15(18)17-14(11)13(9)16/h6-8H,3-5H2,1-2H3,(H,17,18). The predicted octanol–water partition coefficient (Wildman–Crippen LogP) is 3.28. The molecule has 0 amide bonds. The Morgan fingerprint density at radius 3 is 2.67 bits per heavy atom. The molecule has 0 unspecified atom stereocenters. The van der Waals surface area contributed by atoms with Gasteiger partial charge in [-0.25, -0.2) is 4.39 Å². The number of rotatable bonds is 1. The highest BCUT2D eigenvalue weighted by atomic mass is 19.1. The maximum atomic E-state index is 14.4. The molecule has 1 aromatic carbocycles. The maximum absolute atomic E-state index is 14.4. The first kappa shape index (κ1) is 11.5. The molecule has 94 valence electrons. The number of aromatic amines is 1. The van der Waals surface area contributed by atoms with Crippen LogP contribution >= 0.6 is 0 Å². The third-order valence-electron chi connectivity index (χ3n) is 3.85. The van der Waals surface area contributed by atoms with Crippen LogP contribution in [0.1, 0.15) is 42.9 Å². The first-order valence-electron chi connectivity index (χ1n) is 6.45. The summed E-state index contributed by atoms with van der Waals surface area (Å²) in [6, 6.07) is 3.80. The van der Waals surface area contributed by atoms with E-state index in [1.807, 2.05) is 26.0 Å². The number of fused-ring (bicyclic) bond motifs is 3. The summed E-state index contributed by atoms with van der Waals surface area (Å²) in [5.41, 5.74) is 2.82. The molecule has 1 heterocycles. The second-order valence-corrected chi connectivity index (χ2v) is 5.31. The van der Waals surface area contributed by atoms with E-state index in [2.05, 4.69) is 4.98 Å². The van der Waals surface area contributed by atoms with Crippen molar-refractivity contribution >= 4 is 10.9 Å². The maximum Gasteiger partial charge on any atom is 0.251 e. The Balaban J connectivity index is 2.41. The van der Waals surface area contributed by atoms with Gasteiger partial charge in [-0.3, -0.25) is 4.79 Å². The number of nitrogens with one attached hydrogen (secondary N) is 1. The first-order valence-corrected chi connectivity index (χ1v) is 6.45. The zero-order valence-corrected chi connectivity index (χ0v) is 10.6. The number of aryl methyl sites for hydroxylation is 1. The lowest BCUT2D eigenvalue weighted by Gasteiger charge is -2.11. The van der Waals surface area contributed by atoms with Gasteiger partial charge in [0.2, 0.25) is 0 Å². The van der Waals surface area contributed by atoms with Crippen molar-refractivity contribution in [3.05, 3.63) is 45.0 Å². The number of benzene rings is 1. The van der Waals surface area contributed by atoms with E-state index in [0.717, 1.165) is 35.8 Å². The molecule has 3 heteroatoms. The second kappa shape index (κ2) is 3.94. The van der Waals surface area contributed by atoms with Gasteiger partial charge in [-0.15, -0.1) is 0 Å². The van der Waals surface area contributed by atoms with Gasteiger partial charge in [0.25, 0.3) is 5.56 Å². The summed E-state index contributed by atoms with van der Waals surface area (Å²) in [7, 11) is 0. The minimum absolute atomic E-state index is 0.116. The van der Waals surface area contributed by atoms with Gasteiger partial charge in [-0.2, -0.15) is 0 Å². The van der Waals surface area contributed by atoms with Crippen LogP contribution in [0.15, 0.2) is 16.9 Å². The van der Waals surface area contributed by atoms with Gasteiger partial charge in [0.1, 0.15) is 0 Å². The normalized spacial score (nSPS) is 14.4. The Hall–Kier alpha value is -1.64. The summed E-state index contributed by atoms with van der Waals surface area (Å²) in [5.74, 6) is -0.152. The zero-order valence-electron chi connectivity index (χ0n) is 10.6. The Morgan fingerprint density at radius 1 is 1.22 bits per heavy atom. The number of aromatic nitrogens is 1. The molecule has 0 atom stereocenters. The molecule has 2 nitrogen and oxygen atoms in total. The van der Waals surface area contributed by atoms with Crippen LogP contribution in [-0.2, 0) is 12.8 Å². The predicted molar refractivity (Wildman–Crippen MR) is 70.6 cm³/mol. The van der Waals surface area contributed by atoms with Crippen molar-refractivity contribution in [3.8, 4) is 0 Å². The van der Waals surface area contributed by atoms with E-state index in [1.54, 1.807) is 0 Å². The number of hydrogen-bond acceptors (Lipinski definition) is 1. The summed E-state index contributed by atoms with van der Waals surface area (Å²) in [6.07, 6.45) is 2.69. The van der Waals surface area contributed by atoms with Crippen LogP contribution in [0.5, 0.6) is 0 Å². The van der Waals surface area contributed by atoms with E-state index >= 15 is 0 Å². The Morgan fingerprint density at radius 2 is 1.94 bits per heavy atom. The molecule has 0 spiro atoms. The molecule has 0 radical (unpaired) electrons. The Kier molecular flexibility index (Phi) is 2.51. The average molecular weight is 245 g/mol. The van der Waals surface area contributed by atoms with Crippen LogP contribution in [0.2, 0.25) is 0 Å². The van der Waals surface area contributed by atoms with E-state index in [1.165, 1.54) is 0 Å². The van der Waals surface area contributed by atoms with Crippen molar-refractivity contribution < 1.29 is 4.39 Å². The monoisotopic (exact) mass is 245 g/mol. The van der Waals surface area contributed by atoms with Crippen LogP contribution in [0.25, 0.3) is 10.9 Å². The van der Waals surface area contributed by atoms with E-state index in [9.17, 15) is 9.18 Å². The molecule has 1 aromatic heterocycles. The highest BCUT2D eigenvalue weighted by molar-refractivity contribution is 5.85. The van der Waals surface area contributed by atoms with Crippen molar-refractivity contribution in [2.75, 3.05) is 0 Å². The number of pyridine rings is 1. The topological polar surface area (TPSA) is 32.9 Å². The lowest BCUT2D eigenvalue weighted by Crippen LogP contribution is -2.13. The smallest absolute Gasteiger partial charge is 0.251 e. The summed E-state index contributed by atoms with van der Waals surface area (Å²) >= 11 is 0. The lowest BCUT2D eigenvalue weighted by molar-refractivity contribution is 0.606. The molecule has 1 aliphatic rings. The van der Waals surface area contributed by atoms with E-state index in [4.69, 9.17) is 0 Å². The molecule has 0 saturated heterocycles. The van der Waals surface area contributed by atoms with Crippen LogP contribution in [0.4, 0.5) is 4.39 Å². The fourth-order valence-corrected chi connectivity index (χ4v) is 2.89. The molecule has 0 aliphatic heterocycles. The summed E-state index contributed by atoms with van der Waals surface area (Å²) in [6.45, 7) is 3.91. The van der Waals surface area contributed by atoms with Crippen molar-refractivity contribution in [2.24, 2.45) is 0 Å². The van der Waals surface area contributed by atoms with Gasteiger partial charge in [0.15, 0.2) is 5.82 Å². The van der Waals surface area contributed by atoms with Crippen LogP contribution < -0.4 is 5.56 Å². The second-order valence-electron chi connectivity index (χ2n) is 5.31. The SMILES string of the molecule is CC(C)c1ccc2c3c(c(=O)[nH]c2c1F)CCC3. The van der Waals surface area contributed by atoms with E-state index < -0.39 is 0 Å². The summed E-state index contributed by atoms with van der Waals surface area (Å²) in [4.78, 5) is 14.7. The van der Waals surface area contributed by atoms with Gasteiger partial charge in [0, 0.05) is 10.9 Å². The van der Waals surface area contributed by atoms with Crippen LogP contribution in [0, 0.1) is 5.82 Å². The number of halogens is 1. The van der Waals surface area contributed by atoms with Crippen molar-refractivity contribution in [1.82, 2.24) is 4.98 Å². The van der Waals surface area contributed by atoms with Gasteiger partial charge in [-0.05, 0) is 36.3 Å². The highest BCUT2D eigenvalue weighted by Gasteiger charge is 2.20. The third-order valence-corrected chi connectivity index (χ3v) is 3.85. The molecule has 3 rings (SSSR count).